The van der Waals surface area contributed by atoms with E-state index in [0.29, 0.717) is 41.0 Å². The summed E-state index contributed by atoms with van der Waals surface area (Å²) in [5, 5.41) is 0. The molecular weight excluding hydrogens is 349 g/mol. The molecule has 0 radical (unpaired) electrons. The minimum Gasteiger partial charge on any atom is -0.450 e. The first-order valence-corrected chi connectivity index (χ1v) is 9.98. The van der Waals surface area contributed by atoms with E-state index in [9.17, 15) is 8.78 Å². The van der Waals surface area contributed by atoms with Crippen molar-refractivity contribution in [3.8, 4) is 11.5 Å². The zero-order chi connectivity index (χ0) is 19.1. The molecule has 144 valence electrons. The van der Waals surface area contributed by atoms with Crippen LogP contribution >= 0.6 is 0 Å². The van der Waals surface area contributed by atoms with Crippen LogP contribution in [-0.2, 0) is 12.8 Å². The Morgan fingerprint density at radius 1 is 0.926 bits per heavy atom. The number of halogens is 3. The fraction of sp³-hybridized carbons (Fsp3) is 0.478. The van der Waals surface area contributed by atoms with Crippen LogP contribution in [-0.4, -0.2) is 0 Å². The lowest BCUT2D eigenvalue weighted by Gasteiger charge is -2.29. The SMILES string of the molecule is CCCc1cc2c(c(F)c1F)Oc1c(ccc(C3CCC(C)CC3)c1F)C2. The van der Waals surface area contributed by atoms with Gasteiger partial charge in [-0.15, -0.1) is 0 Å². The molecule has 2 aromatic carbocycles. The van der Waals surface area contributed by atoms with Gasteiger partial charge in [-0.05, 0) is 48.3 Å². The summed E-state index contributed by atoms with van der Waals surface area (Å²) in [7, 11) is 0. The molecule has 1 aliphatic heterocycles. The standard InChI is InChI=1S/C23H25F3O/c1-3-4-15-11-17-12-16-9-10-18(14-7-5-13(2)6-8-14)20(25)22(16)27-23(17)21(26)19(15)24/h9-11,13-14H,3-8,12H2,1-2H3. The molecule has 0 saturated heterocycles. The van der Waals surface area contributed by atoms with Crippen molar-refractivity contribution in [3.05, 3.63) is 57.9 Å². The normalized spacial score (nSPS) is 21.4. The van der Waals surface area contributed by atoms with Crippen LogP contribution in [0.25, 0.3) is 0 Å². The van der Waals surface area contributed by atoms with Gasteiger partial charge in [0.2, 0.25) is 5.82 Å². The molecule has 2 aromatic rings. The van der Waals surface area contributed by atoms with Gasteiger partial charge in [-0.25, -0.2) is 8.78 Å². The van der Waals surface area contributed by atoms with Crippen LogP contribution in [0.15, 0.2) is 18.2 Å². The van der Waals surface area contributed by atoms with Crippen molar-refractivity contribution >= 4 is 0 Å². The Morgan fingerprint density at radius 3 is 2.33 bits per heavy atom. The second kappa shape index (κ2) is 7.21. The fourth-order valence-corrected chi connectivity index (χ4v) is 4.47. The van der Waals surface area contributed by atoms with Crippen LogP contribution in [0.3, 0.4) is 0 Å². The van der Waals surface area contributed by atoms with E-state index in [4.69, 9.17) is 4.74 Å². The number of ether oxygens (including phenoxy) is 1. The highest BCUT2D eigenvalue weighted by Crippen LogP contribution is 2.45. The molecule has 0 bridgehead atoms. The van der Waals surface area contributed by atoms with E-state index < -0.39 is 17.5 Å². The monoisotopic (exact) mass is 374 g/mol. The predicted molar refractivity (Wildman–Crippen MR) is 100 cm³/mol. The van der Waals surface area contributed by atoms with Crippen LogP contribution in [0.5, 0.6) is 11.5 Å². The summed E-state index contributed by atoms with van der Waals surface area (Å²) in [5.41, 5.74) is 2.28. The molecule has 27 heavy (non-hydrogen) atoms. The van der Waals surface area contributed by atoms with Crippen LogP contribution in [0.1, 0.15) is 74.1 Å². The molecule has 4 rings (SSSR count). The van der Waals surface area contributed by atoms with Crippen molar-refractivity contribution in [1.82, 2.24) is 0 Å². The molecule has 1 aliphatic carbocycles. The highest BCUT2D eigenvalue weighted by Gasteiger charge is 2.30. The van der Waals surface area contributed by atoms with E-state index in [2.05, 4.69) is 6.92 Å². The molecule has 0 spiro atoms. The summed E-state index contributed by atoms with van der Waals surface area (Å²) in [4.78, 5) is 0. The third kappa shape index (κ3) is 3.24. The number of aryl methyl sites for hydroxylation is 1. The van der Waals surface area contributed by atoms with Crippen LogP contribution in [0, 0.1) is 23.4 Å². The molecule has 0 N–H and O–H groups in total. The Bertz CT molecular complexity index is 867. The zero-order valence-electron chi connectivity index (χ0n) is 15.9. The van der Waals surface area contributed by atoms with Crippen molar-refractivity contribution in [2.75, 3.05) is 0 Å². The van der Waals surface area contributed by atoms with Gasteiger partial charge in [-0.1, -0.05) is 45.2 Å². The molecule has 1 heterocycles. The van der Waals surface area contributed by atoms with Crippen LogP contribution in [0.4, 0.5) is 13.2 Å². The van der Waals surface area contributed by atoms with Crippen molar-refractivity contribution in [3.63, 3.8) is 0 Å². The molecule has 0 atom stereocenters. The molecule has 0 amide bonds. The maximum absolute atomic E-state index is 15.2. The molecule has 0 unspecified atom stereocenters. The Hall–Kier alpha value is -1.97. The average molecular weight is 374 g/mol. The Balaban J connectivity index is 1.70. The summed E-state index contributed by atoms with van der Waals surface area (Å²) in [6.07, 6.45) is 5.64. The Kier molecular flexibility index (Phi) is 4.92. The molecule has 1 fully saturated rings. The average Bonchev–Trinajstić information content (AvgIpc) is 2.66. The van der Waals surface area contributed by atoms with E-state index in [0.717, 1.165) is 32.1 Å². The number of hydrogen-bond donors (Lipinski definition) is 0. The van der Waals surface area contributed by atoms with E-state index in [1.807, 2.05) is 19.1 Å². The van der Waals surface area contributed by atoms with Gasteiger partial charge in [0.05, 0.1) is 0 Å². The maximum Gasteiger partial charge on any atom is 0.201 e. The van der Waals surface area contributed by atoms with Gasteiger partial charge >= 0.3 is 0 Å². The molecular formula is C23H25F3O. The zero-order valence-corrected chi connectivity index (χ0v) is 15.9. The van der Waals surface area contributed by atoms with E-state index >= 15 is 4.39 Å². The third-order valence-corrected chi connectivity index (χ3v) is 6.08. The second-order valence-electron chi connectivity index (χ2n) is 8.09. The highest BCUT2D eigenvalue weighted by molar-refractivity contribution is 5.54. The second-order valence-corrected chi connectivity index (χ2v) is 8.09. The van der Waals surface area contributed by atoms with Gasteiger partial charge in [-0.3, -0.25) is 0 Å². The first-order valence-electron chi connectivity index (χ1n) is 9.98. The third-order valence-electron chi connectivity index (χ3n) is 6.08. The number of fused-ring (bicyclic) bond motifs is 2. The fourth-order valence-electron chi connectivity index (χ4n) is 4.47. The molecule has 1 nitrogen and oxygen atoms in total. The number of rotatable bonds is 3. The number of hydrogen-bond acceptors (Lipinski definition) is 1. The first kappa shape index (κ1) is 18.4. The van der Waals surface area contributed by atoms with Gasteiger partial charge in [0, 0.05) is 17.5 Å². The Morgan fingerprint density at radius 2 is 1.63 bits per heavy atom. The maximum atomic E-state index is 15.2. The smallest absolute Gasteiger partial charge is 0.201 e. The van der Waals surface area contributed by atoms with Crippen molar-refractivity contribution in [2.45, 2.75) is 64.7 Å². The van der Waals surface area contributed by atoms with Crippen molar-refractivity contribution in [1.29, 1.82) is 0 Å². The summed E-state index contributed by atoms with van der Waals surface area (Å²) >= 11 is 0. The summed E-state index contributed by atoms with van der Waals surface area (Å²) in [6.45, 7) is 4.15. The predicted octanol–water partition coefficient (Wildman–Crippen LogP) is 7.05. The molecule has 4 heteroatoms. The first-order chi connectivity index (χ1) is 13.0. The summed E-state index contributed by atoms with van der Waals surface area (Å²) < 4.78 is 49.7. The van der Waals surface area contributed by atoms with E-state index in [1.165, 1.54) is 0 Å². The molecule has 0 aromatic heterocycles. The van der Waals surface area contributed by atoms with E-state index in [1.54, 1.807) is 6.07 Å². The topological polar surface area (TPSA) is 9.23 Å². The van der Waals surface area contributed by atoms with Crippen LogP contribution in [0.2, 0.25) is 0 Å². The minimum absolute atomic E-state index is 0.0696. The summed E-state index contributed by atoms with van der Waals surface area (Å²) in [5.74, 6) is -1.53. The van der Waals surface area contributed by atoms with Gasteiger partial charge in [-0.2, -0.15) is 4.39 Å². The van der Waals surface area contributed by atoms with Crippen molar-refractivity contribution in [2.24, 2.45) is 5.92 Å². The lowest BCUT2D eigenvalue weighted by molar-refractivity contribution is 0.335. The minimum atomic E-state index is -1.00. The van der Waals surface area contributed by atoms with Gasteiger partial charge < -0.3 is 4.74 Å². The summed E-state index contributed by atoms with van der Waals surface area (Å²) in [6, 6.07) is 5.40. The molecule has 1 saturated carbocycles. The number of benzene rings is 2. The largest absolute Gasteiger partial charge is 0.450 e. The molecule has 2 aliphatic rings. The quantitative estimate of drug-likeness (QED) is 0.477. The Labute approximate surface area is 158 Å². The lowest BCUT2D eigenvalue weighted by atomic mass is 9.79. The van der Waals surface area contributed by atoms with E-state index in [-0.39, 0.29) is 17.4 Å². The van der Waals surface area contributed by atoms with Crippen molar-refractivity contribution < 1.29 is 17.9 Å². The van der Waals surface area contributed by atoms with Crippen LogP contribution < -0.4 is 4.74 Å². The van der Waals surface area contributed by atoms with Gasteiger partial charge in [0.15, 0.2) is 23.1 Å². The van der Waals surface area contributed by atoms with Gasteiger partial charge in [0.1, 0.15) is 0 Å². The highest BCUT2D eigenvalue weighted by atomic mass is 19.2. The van der Waals surface area contributed by atoms with Gasteiger partial charge in [0.25, 0.3) is 0 Å². The lowest BCUT2D eigenvalue weighted by Crippen LogP contribution is -2.15.